The molecule has 0 bridgehead atoms. The van der Waals surface area contributed by atoms with Gasteiger partial charge in [0.15, 0.2) is 0 Å². The first kappa shape index (κ1) is 23.4. The Morgan fingerprint density at radius 3 is 2.56 bits per heavy atom. The molecule has 9 heteroatoms. The lowest BCUT2D eigenvalue weighted by Crippen LogP contribution is -2.41. The molecular formula is C25H26BrClN4O3. The third-order valence-corrected chi connectivity index (χ3v) is 7.87. The van der Waals surface area contributed by atoms with E-state index in [0.29, 0.717) is 43.3 Å². The van der Waals surface area contributed by atoms with E-state index in [-0.39, 0.29) is 17.7 Å². The minimum absolute atomic E-state index is 0.0209. The highest BCUT2D eigenvalue weighted by Crippen LogP contribution is 2.26. The van der Waals surface area contributed by atoms with Crippen LogP contribution in [0, 0.1) is 0 Å². The van der Waals surface area contributed by atoms with E-state index in [0.717, 1.165) is 29.0 Å². The van der Waals surface area contributed by atoms with Gasteiger partial charge in [-0.1, -0.05) is 41.9 Å². The number of amides is 1. The molecule has 0 spiro atoms. The van der Waals surface area contributed by atoms with Crippen molar-refractivity contribution >= 4 is 33.4 Å². The number of nitrogens with zero attached hydrogens (tertiary/aromatic N) is 4. The van der Waals surface area contributed by atoms with Gasteiger partial charge in [-0.2, -0.15) is 0 Å². The van der Waals surface area contributed by atoms with Gasteiger partial charge in [-0.25, -0.2) is 4.79 Å². The molecule has 0 unspecified atom stereocenters. The number of aromatic nitrogens is 2. The molecule has 7 nitrogen and oxygen atoms in total. The van der Waals surface area contributed by atoms with Crippen molar-refractivity contribution in [3.05, 3.63) is 91.0 Å². The molecule has 3 aromatic rings. The van der Waals surface area contributed by atoms with Gasteiger partial charge in [-0.3, -0.25) is 18.8 Å². The minimum atomic E-state index is -0.0882. The van der Waals surface area contributed by atoms with Crippen molar-refractivity contribution in [1.82, 2.24) is 18.9 Å². The summed E-state index contributed by atoms with van der Waals surface area (Å²) in [4.78, 5) is 30.7. The molecule has 2 aromatic carbocycles. The van der Waals surface area contributed by atoms with Crippen LogP contribution in [0.4, 0.5) is 0 Å². The van der Waals surface area contributed by atoms with Crippen LogP contribution in [0.25, 0.3) is 0 Å². The van der Waals surface area contributed by atoms with Crippen molar-refractivity contribution in [3.8, 4) is 0 Å². The summed E-state index contributed by atoms with van der Waals surface area (Å²) in [6.07, 6.45) is -0.0882. The van der Waals surface area contributed by atoms with Gasteiger partial charge in [-0.05, 0) is 39.7 Å². The first-order chi connectivity index (χ1) is 16.4. The molecule has 0 saturated heterocycles. The second kappa shape index (κ2) is 9.70. The van der Waals surface area contributed by atoms with Crippen molar-refractivity contribution in [1.29, 1.82) is 0 Å². The average Bonchev–Trinajstić information content (AvgIpc) is 2.99. The van der Waals surface area contributed by atoms with E-state index in [9.17, 15) is 9.59 Å². The molecule has 1 atom stereocenters. The molecular weight excluding hydrogens is 520 g/mol. The number of rotatable bonds is 4. The summed E-state index contributed by atoms with van der Waals surface area (Å²) in [6, 6.07) is 15.5. The Morgan fingerprint density at radius 1 is 1.06 bits per heavy atom. The molecule has 0 N–H and O–H groups in total. The first-order valence-electron chi connectivity index (χ1n) is 11.3. The van der Waals surface area contributed by atoms with Crippen molar-refractivity contribution in [2.45, 2.75) is 38.8 Å². The van der Waals surface area contributed by atoms with Crippen LogP contribution in [-0.2, 0) is 37.5 Å². The lowest BCUT2D eigenvalue weighted by Gasteiger charge is -2.29. The predicted molar refractivity (Wildman–Crippen MR) is 134 cm³/mol. The monoisotopic (exact) mass is 544 g/mol. The third-order valence-electron chi connectivity index (χ3n) is 6.64. The standard InChI is InChI=1S/C25H26BrClN4O3/c1-34-19-13-28(12-17-5-3-2-4-6-17)15-22-23-16-29(9-10-30(23)25(33)31(22)14-19)24(32)18-7-8-20(26)21(27)11-18/h2-8,11,19H,9-10,12-16H2,1H3/t19-/m1/s1. The zero-order chi connectivity index (χ0) is 23.8. The largest absolute Gasteiger partial charge is 0.378 e. The molecule has 0 fully saturated rings. The fourth-order valence-corrected chi connectivity index (χ4v) is 5.29. The van der Waals surface area contributed by atoms with Gasteiger partial charge in [-0.15, -0.1) is 0 Å². The second-order valence-corrected chi connectivity index (χ2v) is 10.1. The molecule has 0 aliphatic carbocycles. The number of fused-ring (bicyclic) bond motifs is 3. The summed E-state index contributed by atoms with van der Waals surface area (Å²) in [7, 11) is 1.70. The second-order valence-electron chi connectivity index (χ2n) is 8.81. The van der Waals surface area contributed by atoms with E-state index in [1.807, 2.05) is 27.3 Å². The van der Waals surface area contributed by atoms with Crippen molar-refractivity contribution in [3.63, 3.8) is 0 Å². The molecule has 1 aromatic heterocycles. The SMILES string of the molecule is CO[C@@H]1CN(Cc2ccccc2)Cc2c3n(c(=O)n2C1)CCN(C(=O)c1ccc(Br)c(Cl)c1)C3. The summed E-state index contributed by atoms with van der Waals surface area (Å²) in [6.45, 7) is 3.96. The van der Waals surface area contributed by atoms with Crippen LogP contribution >= 0.6 is 27.5 Å². The minimum Gasteiger partial charge on any atom is -0.378 e. The van der Waals surface area contributed by atoms with Crippen LogP contribution in [-0.4, -0.2) is 51.1 Å². The molecule has 0 radical (unpaired) electrons. The molecule has 2 aliphatic heterocycles. The Hall–Kier alpha value is -2.39. The van der Waals surface area contributed by atoms with Gasteiger partial charge >= 0.3 is 5.69 Å². The molecule has 5 rings (SSSR count). The maximum absolute atomic E-state index is 13.3. The number of imidazole rings is 1. The number of ether oxygens (including phenoxy) is 1. The Morgan fingerprint density at radius 2 is 1.82 bits per heavy atom. The van der Waals surface area contributed by atoms with Gasteiger partial charge < -0.3 is 9.64 Å². The number of methoxy groups -OCH3 is 1. The van der Waals surface area contributed by atoms with Gasteiger partial charge in [0.2, 0.25) is 0 Å². The fraction of sp³-hybridized carbons (Fsp3) is 0.360. The smallest absolute Gasteiger partial charge is 0.328 e. The Kier molecular flexibility index (Phi) is 6.66. The Labute approximate surface area is 211 Å². The van der Waals surface area contributed by atoms with Crippen molar-refractivity contribution < 1.29 is 9.53 Å². The van der Waals surface area contributed by atoms with Crippen molar-refractivity contribution in [2.75, 3.05) is 20.2 Å². The lowest BCUT2D eigenvalue weighted by atomic mass is 10.1. The van der Waals surface area contributed by atoms with Crippen LogP contribution in [0.1, 0.15) is 27.3 Å². The molecule has 2 aliphatic rings. The summed E-state index contributed by atoms with van der Waals surface area (Å²) < 4.78 is 10.2. The van der Waals surface area contributed by atoms with Crippen LogP contribution in [0.15, 0.2) is 57.8 Å². The predicted octanol–water partition coefficient (Wildman–Crippen LogP) is 3.75. The van der Waals surface area contributed by atoms with E-state index in [4.69, 9.17) is 16.3 Å². The number of carbonyl (C=O) groups is 1. The number of halogens is 2. The zero-order valence-corrected chi connectivity index (χ0v) is 21.3. The summed E-state index contributed by atoms with van der Waals surface area (Å²) in [5.74, 6) is -0.0856. The molecule has 0 saturated carbocycles. The van der Waals surface area contributed by atoms with E-state index in [2.05, 4.69) is 33.0 Å². The molecule has 34 heavy (non-hydrogen) atoms. The Balaban J connectivity index is 1.45. The summed E-state index contributed by atoms with van der Waals surface area (Å²) in [5, 5.41) is 0.500. The van der Waals surface area contributed by atoms with E-state index in [1.165, 1.54) is 5.56 Å². The number of benzene rings is 2. The van der Waals surface area contributed by atoms with E-state index < -0.39 is 0 Å². The zero-order valence-electron chi connectivity index (χ0n) is 18.9. The number of hydrogen-bond acceptors (Lipinski definition) is 4. The number of hydrogen-bond donors (Lipinski definition) is 0. The van der Waals surface area contributed by atoms with Crippen LogP contribution in [0.3, 0.4) is 0 Å². The third kappa shape index (κ3) is 4.47. The van der Waals surface area contributed by atoms with Crippen LogP contribution < -0.4 is 5.69 Å². The van der Waals surface area contributed by atoms with Gasteiger partial charge in [0.25, 0.3) is 5.91 Å². The Bertz CT molecular complexity index is 1270. The summed E-state index contributed by atoms with van der Waals surface area (Å²) >= 11 is 9.59. The van der Waals surface area contributed by atoms with Gasteiger partial charge in [0.05, 0.1) is 35.6 Å². The topological polar surface area (TPSA) is 59.7 Å². The van der Waals surface area contributed by atoms with Gasteiger partial charge in [0, 0.05) is 49.9 Å². The van der Waals surface area contributed by atoms with E-state index in [1.54, 1.807) is 30.2 Å². The van der Waals surface area contributed by atoms with E-state index >= 15 is 0 Å². The highest BCUT2D eigenvalue weighted by Gasteiger charge is 2.32. The number of carbonyl (C=O) groups excluding carboxylic acids is 1. The average molecular weight is 546 g/mol. The highest BCUT2D eigenvalue weighted by atomic mass is 79.9. The molecule has 3 heterocycles. The summed E-state index contributed by atoms with van der Waals surface area (Å²) in [5.41, 5.74) is 3.60. The quantitative estimate of drug-likeness (QED) is 0.501. The van der Waals surface area contributed by atoms with Gasteiger partial charge in [0.1, 0.15) is 0 Å². The lowest BCUT2D eigenvalue weighted by molar-refractivity contribution is 0.0554. The maximum atomic E-state index is 13.3. The van der Waals surface area contributed by atoms with Crippen LogP contribution in [0.2, 0.25) is 5.02 Å². The first-order valence-corrected chi connectivity index (χ1v) is 12.5. The molecule has 1 amide bonds. The maximum Gasteiger partial charge on any atom is 0.328 e. The molecule has 178 valence electrons. The normalized spacial score (nSPS) is 18.3. The fourth-order valence-electron chi connectivity index (χ4n) is 4.86. The van der Waals surface area contributed by atoms with Crippen molar-refractivity contribution in [2.24, 2.45) is 0 Å². The highest BCUT2D eigenvalue weighted by molar-refractivity contribution is 9.10. The van der Waals surface area contributed by atoms with Crippen LogP contribution in [0.5, 0.6) is 0 Å².